The predicted octanol–water partition coefficient (Wildman–Crippen LogP) is -0.544. The van der Waals surface area contributed by atoms with Crippen molar-refractivity contribution in [1.29, 1.82) is 0 Å². The van der Waals surface area contributed by atoms with Gasteiger partial charge in [0.05, 0.1) is 18.2 Å². The van der Waals surface area contributed by atoms with Crippen molar-refractivity contribution >= 4 is 0 Å². The van der Waals surface area contributed by atoms with Crippen LogP contribution in [-0.2, 0) is 9.47 Å². The van der Waals surface area contributed by atoms with Crippen molar-refractivity contribution in [2.24, 2.45) is 5.73 Å². The van der Waals surface area contributed by atoms with Gasteiger partial charge in [0.2, 0.25) is 0 Å². The van der Waals surface area contributed by atoms with E-state index in [2.05, 4.69) is 0 Å². The molecule has 1 aliphatic rings. The Labute approximate surface area is 66.3 Å². The molecule has 0 aromatic heterocycles. The first kappa shape index (κ1) is 8.93. The number of aliphatic hydroxyl groups excluding tert-OH is 1. The van der Waals surface area contributed by atoms with Crippen LogP contribution in [-0.4, -0.2) is 36.8 Å². The Morgan fingerprint density at radius 1 is 1.64 bits per heavy atom. The molecular weight excluding hydrogens is 146 g/mol. The van der Waals surface area contributed by atoms with Gasteiger partial charge in [-0.25, -0.2) is 0 Å². The monoisotopic (exact) mass is 161 g/mol. The summed E-state index contributed by atoms with van der Waals surface area (Å²) in [5, 5.41) is 9.14. The number of hydrogen-bond donors (Lipinski definition) is 2. The minimum Gasteiger partial charge on any atom is -0.380 e. The number of nitrogens with two attached hydrogens (primary N) is 1. The minimum atomic E-state index is -0.727. The molecule has 0 bridgehead atoms. The highest BCUT2D eigenvalue weighted by Crippen LogP contribution is 2.18. The Balaban J connectivity index is 2.51. The normalized spacial score (nSPS) is 45.8. The van der Waals surface area contributed by atoms with Gasteiger partial charge in [0.15, 0.2) is 6.29 Å². The average Bonchev–Trinajstić information content (AvgIpc) is 1.96. The van der Waals surface area contributed by atoms with Gasteiger partial charge in [-0.1, -0.05) is 0 Å². The number of ether oxygens (including phenoxy) is 2. The summed E-state index contributed by atoms with van der Waals surface area (Å²) in [6.45, 7) is 1.83. The lowest BCUT2D eigenvalue weighted by molar-refractivity contribution is -0.196. The second-order valence-electron chi connectivity index (χ2n) is 2.88. The summed E-state index contributed by atoms with van der Waals surface area (Å²) in [5.41, 5.74) is 5.73. The van der Waals surface area contributed by atoms with E-state index >= 15 is 0 Å². The standard InChI is InChI=1S/C7H15NO3/c1-4-7(8)5(10-2)3-6(9)11-4/h4-7,9H,3,8H2,1-2H3. The maximum Gasteiger partial charge on any atom is 0.157 e. The van der Waals surface area contributed by atoms with Crippen molar-refractivity contribution in [2.75, 3.05) is 7.11 Å². The Kier molecular flexibility index (Phi) is 2.84. The first-order valence-corrected chi connectivity index (χ1v) is 3.77. The summed E-state index contributed by atoms with van der Waals surface area (Å²) < 4.78 is 10.2. The maximum atomic E-state index is 9.14. The van der Waals surface area contributed by atoms with Crippen molar-refractivity contribution in [3.8, 4) is 0 Å². The second-order valence-corrected chi connectivity index (χ2v) is 2.88. The smallest absolute Gasteiger partial charge is 0.157 e. The molecule has 66 valence electrons. The third-order valence-corrected chi connectivity index (χ3v) is 2.08. The molecule has 0 radical (unpaired) electrons. The summed E-state index contributed by atoms with van der Waals surface area (Å²) in [4.78, 5) is 0. The van der Waals surface area contributed by atoms with Crippen LogP contribution in [0.25, 0.3) is 0 Å². The maximum absolute atomic E-state index is 9.14. The second kappa shape index (κ2) is 3.49. The van der Waals surface area contributed by atoms with Crippen LogP contribution in [0.2, 0.25) is 0 Å². The zero-order valence-electron chi connectivity index (χ0n) is 6.86. The Bertz CT molecular complexity index is 131. The summed E-state index contributed by atoms with van der Waals surface area (Å²) in [6.07, 6.45) is -0.491. The first-order valence-electron chi connectivity index (χ1n) is 3.77. The van der Waals surface area contributed by atoms with E-state index < -0.39 is 6.29 Å². The van der Waals surface area contributed by atoms with E-state index in [9.17, 15) is 0 Å². The molecule has 0 aromatic carbocycles. The van der Waals surface area contributed by atoms with Crippen LogP contribution in [0.1, 0.15) is 13.3 Å². The molecule has 0 aliphatic carbocycles. The molecule has 1 rings (SSSR count). The van der Waals surface area contributed by atoms with Crippen LogP contribution in [0.15, 0.2) is 0 Å². The minimum absolute atomic E-state index is 0.0891. The van der Waals surface area contributed by atoms with Crippen molar-refractivity contribution in [3.05, 3.63) is 0 Å². The summed E-state index contributed by atoms with van der Waals surface area (Å²) in [5.74, 6) is 0. The van der Waals surface area contributed by atoms with Crippen molar-refractivity contribution in [2.45, 2.75) is 37.9 Å². The van der Waals surface area contributed by atoms with Crippen molar-refractivity contribution < 1.29 is 14.6 Å². The Morgan fingerprint density at radius 2 is 2.27 bits per heavy atom. The van der Waals surface area contributed by atoms with E-state index in [1.165, 1.54) is 0 Å². The Hall–Kier alpha value is -0.160. The molecule has 0 spiro atoms. The van der Waals surface area contributed by atoms with Crippen molar-refractivity contribution in [3.63, 3.8) is 0 Å². The van der Waals surface area contributed by atoms with E-state index in [1.807, 2.05) is 6.92 Å². The summed E-state index contributed by atoms with van der Waals surface area (Å²) in [7, 11) is 1.59. The molecule has 3 N–H and O–H groups in total. The molecule has 11 heavy (non-hydrogen) atoms. The number of rotatable bonds is 1. The van der Waals surface area contributed by atoms with Gasteiger partial charge in [0.1, 0.15) is 0 Å². The molecule has 4 nitrogen and oxygen atoms in total. The van der Waals surface area contributed by atoms with Gasteiger partial charge in [-0.15, -0.1) is 0 Å². The van der Waals surface area contributed by atoms with Gasteiger partial charge in [-0.3, -0.25) is 0 Å². The third kappa shape index (κ3) is 1.90. The fourth-order valence-electron chi connectivity index (χ4n) is 1.31. The summed E-state index contributed by atoms with van der Waals surface area (Å²) in [6, 6.07) is -0.136. The lowest BCUT2D eigenvalue weighted by atomic mass is 10.0. The third-order valence-electron chi connectivity index (χ3n) is 2.08. The van der Waals surface area contributed by atoms with Crippen LogP contribution in [0, 0.1) is 0 Å². The highest BCUT2D eigenvalue weighted by molar-refractivity contribution is 4.84. The lowest BCUT2D eigenvalue weighted by Gasteiger charge is -2.35. The van der Waals surface area contributed by atoms with Crippen molar-refractivity contribution in [1.82, 2.24) is 0 Å². The van der Waals surface area contributed by atoms with Gasteiger partial charge in [0, 0.05) is 13.5 Å². The van der Waals surface area contributed by atoms with Crippen LogP contribution in [0.5, 0.6) is 0 Å². The van der Waals surface area contributed by atoms with Gasteiger partial charge in [-0.2, -0.15) is 0 Å². The molecule has 0 aromatic rings. The molecule has 0 amide bonds. The van der Waals surface area contributed by atoms with Crippen LogP contribution in [0.4, 0.5) is 0 Å². The molecular formula is C7H15NO3. The average molecular weight is 161 g/mol. The molecule has 4 atom stereocenters. The van der Waals surface area contributed by atoms with Gasteiger partial charge in [0.25, 0.3) is 0 Å². The summed E-state index contributed by atoms with van der Waals surface area (Å²) >= 11 is 0. The van der Waals surface area contributed by atoms with E-state index in [0.29, 0.717) is 6.42 Å². The zero-order valence-corrected chi connectivity index (χ0v) is 6.86. The predicted molar refractivity (Wildman–Crippen MR) is 39.9 cm³/mol. The number of hydrogen-bond acceptors (Lipinski definition) is 4. The molecule has 4 heteroatoms. The highest BCUT2D eigenvalue weighted by Gasteiger charge is 2.32. The molecule has 1 aliphatic heterocycles. The van der Waals surface area contributed by atoms with Gasteiger partial charge in [-0.05, 0) is 6.92 Å². The number of methoxy groups -OCH3 is 1. The van der Waals surface area contributed by atoms with E-state index in [-0.39, 0.29) is 18.2 Å². The molecule has 4 unspecified atom stereocenters. The van der Waals surface area contributed by atoms with Crippen LogP contribution >= 0.6 is 0 Å². The Morgan fingerprint density at radius 3 is 2.82 bits per heavy atom. The fourth-order valence-corrected chi connectivity index (χ4v) is 1.31. The lowest BCUT2D eigenvalue weighted by Crippen LogP contribution is -2.52. The van der Waals surface area contributed by atoms with E-state index in [1.54, 1.807) is 7.11 Å². The molecule has 1 saturated heterocycles. The molecule has 1 fully saturated rings. The largest absolute Gasteiger partial charge is 0.380 e. The first-order chi connectivity index (χ1) is 5.15. The van der Waals surface area contributed by atoms with Gasteiger partial charge >= 0.3 is 0 Å². The van der Waals surface area contributed by atoms with Gasteiger partial charge < -0.3 is 20.3 Å². The van der Waals surface area contributed by atoms with Crippen LogP contribution < -0.4 is 5.73 Å². The number of aliphatic hydroxyl groups is 1. The molecule has 0 saturated carbocycles. The van der Waals surface area contributed by atoms with E-state index in [0.717, 1.165) is 0 Å². The van der Waals surface area contributed by atoms with Crippen LogP contribution in [0.3, 0.4) is 0 Å². The topological polar surface area (TPSA) is 64.7 Å². The zero-order chi connectivity index (χ0) is 8.43. The highest BCUT2D eigenvalue weighted by atomic mass is 16.6. The fraction of sp³-hybridized carbons (Fsp3) is 1.00. The molecule has 1 heterocycles. The SMILES string of the molecule is COC1CC(O)OC(C)C1N. The van der Waals surface area contributed by atoms with E-state index in [4.69, 9.17) is 20.3 Å². The quantitative estimate of drug-likeness (QED) is 0.542.